The number of nitrogens with one attached hydrogen (secondary N) is 1. The van der Waals surface area contributed by atoms with Gasteiger partial charge in [0, 0.05) is 22.0 Å². The molecule has 1 aliphatic rings. The molecule has 2 heterocycles. The fraction of sp³-hybridized carbons (Fsp3) is 0.192. The van der Waals surface area contributed by atoms with Crippen LogP contribution in [0.3, 0.4) is 0 Å². The number of benzene rings is 3. The maximum atomic E-state index is 13.0. The molecule has 0 fully saturated rings. The number of carbonyl (C=O) groups is 2. The Hall–Kier alpha value is -3.71. The van der Waals surface area contributed by atoms with Gasteiger partial charge in [-0.3, -0.25) is 14.5 Å². The van der Waals surface area contributed by atoms with Gasteiger partial charge in [0.15, 0.2) is 6.61 Å². The zero-order valence-corrected chi connectivity index (χ0v) is 19.0. The molecule has 7 heteroatoms. The molecule has 0 saturated heterocycles. The van der Waals surface area contributed by atoms with Crippen LogP contribution in [0.2, 0.25) is 0 Å². The average molecular weight is 458 g/mol. The van der Waals surface area contributed by atoms with Crippen molar-refractivity contribution in [1.29, 1.82) is 0 Å². The Balaban J connectivity index is 1.40. The maximum absolute atomic E-state index is 13.0. The third-order valence-electron chi connectivity index (χ3n) is 5.58. The van der Waals surface area contributed by atoms with Crippen LogP contribution in [0.25, 0.3) is 22.0 Å². The first-order valence-corrected chi connectivity index (χ1v) is 11.8. The molecule has 4 aromatic rings. The Kier molecular flexibility index (Phi) is 5.79. The summed E-state index contributed by atoms with van der Waals surface area (Å²) in [7, 11) is 0. The zero-order valence-electron chi connectivity index (χ0n) is 18.2. The van der Waals surface area contributed by atoms with E-state index in [4.69, 9.17) is 9.72 Å². The minimum atomic E-state index is -0.267. The van der Waals surface area contributed by atoms with E-state index in [0.717, 1.165) is 45.6 Å². The van der Waals surface area contributed by atoms with Crippen LogP contribution in [-0.2, 0) is 16.0 Å². The van der Waals surface area contributed by atoms with E-state index in [2.05, 4.69) is 12.2 Å². The van der Waals surface area contributed by atoms with Gasteiger partial charge < -0.3 is 10.1 Å². The highest BCUT2D eigenvalue weighted by Gasteiger charge is 2.28. The summed E-state index contributed by atoms with van der Waals surface area (Å²) in [6, 6.07) is 19.3. The minimum Gasteiger partial charge on any atom is -0.482 e. The number of ether oxygens (including phenoxy) is 1. The molecule has 0 spiro atoms. The lowest BCUT2D eigenvalue weighted by molar-refractivity contribution is -0.123. The standard InChI is InChI=1S/C26H23N3O3S/c1-2-6-25-28-21(16-33-25)18-11-12-23-22(13-18)29(26(31)15-32-23)14-24(30)27-20-10-5-8-17-7-3-4-9-19(17)20/h3-5,7-13,16H,2,6,14-15H2,1H3,(H,27,30). The zero-order chi connectivity index (χ0) is 22.8. The Labute approximate surface area is 195 Å². The number of hydrogen-bond donors (Lipinski definition) is 1. The average Bonchev–Trinajstić information content (AvgIpc) is 3.30. The molecular weight excluding hydrogens is 434 g/mol. The Morgan fingerprint density at radius 2 is 2.00 bits per heavy atom. The van der Waals surface area contributed by atoms with Crippen LogP contribution in [0.1, 0.15) is 18.4 Å². The van der Waals surface area contributed by atoms with E-state index in [9.17, 15) is 9.59 Å². The van der Waals surface area contributed by atoms with Gasteiger partial charge in [-0.05, 0) is 42.5 Å². The highest BCUT2D eigenvalue weighted by atomic mass is 32.1. The number of aryl methyl sites for hydroxylation is 1. The largest absolute Gasteiger partial charge is 0.482 e. The van der Waals surface area contributed by atoms with E-state index in [1.807, 2.05) is 66.0 Å². The van der Waals surface area contributed by atoms with Crippen LogP contribution in [0.15, 0.2) is 66.0 Å². The minimum absolute atomic E-state index is 0.0920. The molecule has 0 saturated carbocycles. The molecule has 0 bridgehead atoms. The molecule has 1 aliphatic heterocycles. The summed E-state index contributed by atoms with van der Waals surface area (Å²) in [5, 5.41) is 8.07. The number of hydrogen-bond acceptors (Lipinski definition) is 5. The fourth-order valence-corrected chi connectivity index (χ4v) is 4.88. The molecule has 0 unspecified atom stereocenters. The molecule has 33 heavy (non-hydrogen) atoms. The van der Waals surface area contributed by atoms with Crippen molar-refractivity contribution in [3.05, 3.63) is 71.1 Å². The molecule has 2 amide bonds. The third kappa shape index (κ3) is 4.32. The fourth-order valence-electron chi connectivity index (χ4n) is 3.97. The second-order valence-electron chi connectivity index (χ2n) is 7.90. The van der Waals surface area contributed by atoms with Crippen molar-refractivity contribution in [2.45, 2.75) is 19.8 Å². The number of anilines is 2. The van der Waals surface area contributed by atoms with Crippen molar-refractivity contribution in [3.8, 4) is 17.0 Å². The van der Waals surface area contributed by atoms with E-state index < -0.39 is 0 Å². The van der Waals surface area contributed by atoms with Crippen molar-refractivity contribution in [2.75, 3.05) is 23.4 Å². The number of rotatable bonds is 6. The second kappa shape index (κ2) is 9.03. The van der Waals surface area contributed by atoms with E-state index in [0.29, 0.717) is 11.4 Å². The van der Waals surface area contributed by atoms with E-state index in [1.54, 1.807) is 11.3 Å². The predicted molar refractivity (Wildman–Crippen MR) is 132 cm³/mol. The van der Waals surface area contributed by atoms with Crippen LogP contribution in [0, 0.1) is 0 Å². The molecule has 0 aliphatic carbocycles. The lowest BCUT2D eigenvalue weighted by Crippen LogP contribution is -2.43. The third-order valence-corrected chi connectivity index (χ3v) is 6.49. The number of fused-ring (bicyclic) bond motifs is 2. The van der Waals surface area contributed by atoms with Gasteiger partial charge in [0.05, 0.1) is 16.4 Å². The van der Waals surface area contributed by atoms with Gasteiger partial charge in [-0.2, -0.15) is 0 Å². The van der Waals surface area contributed by atoms with E-state index >= 15 is 0 Å². The predicted octanol–water partition coefficient (Wildman–Crippen LogP) is 5.28. The second-order valence-corrected chi connectivity index (χ2v) is 8.85. The van der Waals surface area contributed by atoms with Crippen molar-refractivity contribution in [2.24, 2.45) is 0 Å². The van der Waals surface area contributed by atoms with Crippen molar-refractivity contribution in [3.63, 3.8) is 0 Å². The number of thiazole rings is 1. The lowest BCUT2D eigenvalue weighted by Gasteiger charge is -2.29. The summed E-state index contributed by atoms with van der Waals surface area (Å²) in [5.41, 5.74) is 3.06. The van der Waals surface area contributed by atoms with Crippen LogP contribution in [0.4, 0.5) is 11.4 Å². The highest BCUT2D eigenvalue weighted by molar-refractivity contribution is 7.09. The summed E-state index contributed by atoms with van der Waals surface area (Å²) in [4.78, 5) is 31.8. The van der Waals surface area contributed by atoms with Crippen LogP contribution < -0.4 is 15.0 Å². The van der Waals surface area contributed by atoms with Gasteiger partial charge in [-0.1, -0.05) is 43.3 Å². The van der Waals surface area contributed by atoms with Gasteiger partial charge in [0.25, 0.3) is 5.91 Å². The van der Waals surface area contributed by atoms with E-state index in [-0.39, 0.29) is 25.0 Å². The van der Waals surface area contributed by atoms with Crippen molar-refractivity contribution >= 4 is 45.3 Å². The molecule has 0 atom stereocenters. The van der Waals surface area contributed by atoms with E-state index in [1.165, 1.54) is 4.90 Å². The number of carbonyl (C=O) groups excluding carboxylic acids is 2. The summed E-state index contributed by atoms with van der Waals surface area (Å²) in [6.07, 6.45) is 1.98. The van der Waals surface area contributed by atoms with Gasteiger partial charge in [0.1, 0.15) is 12.3 Å². The topological polar surface area (TPSA) is 71.5 Å². The number of amides is 2. The quantitative estimate of drug-likeness (QED) is 0.428. The maximum Gasteiger partial charge on any atom is 0.265 e. The molecule has 1 N–H and O–H groups in total. The van der Waals surface area contributed by atoms with Gasteiger partial charge >= 0.3 is 0 Å². The normalized spacial score (nSPS) is 13.0. The first kappa shape index (κ1) is 21.2. The molecular formula is C26H23N3O3S. The first-order chi connectivity index (χ1) is 16.1. The van der Waals surface area contributed by atoms with Crippen molar-refractivity contribution < 1.29 is 14.3 Å². The Morgan fingerprint density at radius 3 is 2.88 bits per heavy atom. The lowest BCUT2D eigenvalue weighted by atomic mass is 10.1. The molecule has 166 valence electrons. The molecule has 5 rings (SSSR count). The molecule has 1 aromatic heterocycles. The number of nitrogens with zero attached hydrogens (tertiary/aromatic N) is 2. The summed E-state index contributed by atoms with van der Waals surface area (Å²) in [6.45, 7) is 1.94. The van der Waals surface area contributed by atoms with Crippen LogP contribution in [0.5, 0.6) is 5.75 Å². The monoisotopic (exact) mass is 457 g/mol. The summed E-state index contributed by atoms with van der Waals surface area (Å²) >= 11 is 1.63. The first-order valence-electron chi connectivity index (χ1n) is 10.9. The van der Waals surface area contributed by atoms with Crippen LogP contribution >= 0.6 is 11.3 Å². The number of aromatic nitrogens is 1. The molecule has 6 nitrogen and oxygen atoms in total. The smallest absolute Gasteiger partial charge is 0.265 e. The van der Waals surface area contributed by atoms with Gasteiger partial charge in [-0.15, -0.1) is 11.3 Å². The Bertz CT molecular complexity index is 1340. The summed E-state index contributed by atoms with van der Waals surface area (Å²) < 4.78 is 5.62. The van der Waals surface area contributed by atoms with Gasteiger partial charge in [0.2, 0.25) is 5.91 Å². The molecule has 0 radical (unpaired) electrons. The Morgan fingerprint density at radius 1 is 1.15 bits per heavy atom. The van der Waals surface area contributed by atoms with Gasteiger partial charge in [-0.25, -0.2) is 4.98 Å². The SMILES string of the molecule is CCCc1nc(-c2ccc3c(c2)N(CC(=O)Nc2cccc4ccccc24)C(=O)CO3)cs1. The highest BCUT2D eigenvalue weighted by Crippen LogP contribution is 2.36. The summed E-state index contributed by atoms with van der Waals surface area (Å²) in [5.74, 6) is 0.0647. The van der Waals surface area contributed by atoms with Crippen LogP contribution in [-0.4, -0.2) is 29.9 Å². The van der Waals surface area contributed by atoms with Crippen molar-refractivity contribution in [1.82, 2.24) is 4.98 Å². The molecule has 3 aromatic carbocycles.